The average Bonchev–Trinajstić information content (AvgIpc) is 2.62. The molecule has 0 amide bonds. The van der Waals surface area contributed by atoms with Crippen LogP contribution in [0.4, 0.5) is 19.1 Å². The third-order valence-corrected chi connectivity index (χ3v) is 3.79. The first-order chi connectivity index (χ1) is 11.9. The number of nitrogens with zero attached hydrogens (tertiary/aromatic N) is 2. The van der Waals surface area contributed by atoms with Crippen molar-refractivity contribution in [2.75, 3.05) is 5.32 Å². The van der Waals surface area contributed by atoms with Gasteiger partial charge in [-0.15, -0.1) is 0 Å². The molecule has 3 nitrogen and oxygen atoms in total. The molecule has 2 aromatic carbocycles. The highest BCUT2D eigenvalue weighted by molar-refractivity contribution is 5.61. The second kappa shape index (κ2) is 6.93. The molecule has 0 radical (unpaired) electrons. The highest BCUT2D eigenvalue weighted by Gasteiger charge is 2.30. The molecule has 1 N–H and O–H groups in total. The van der Waals surface area contributed by atoms with Gasteiger partial charge in [-0.3, -0.25) is 0 Å². The highest BCUT2D eigenvalue weighted by atomic mass is 19.4. The van der Waals surface area contributed by atoms with Gasteiger partial charge in [-0.1, -0.05) is 42.5 Å². The predicted molar refractivity (Wildman–Crippen MR) is 90.9 cm³/mol. The number of hydrogen-bond donors (Lipinski definition) is 1. The van der Waals surface area contributed by atoms with Crippen molar-refractivity contribution in [3.63, 3.8) is 0 Å². The third kappa shape index (κ3) is 4.15. The first-order valence-corrected chi connectivity index (χ1v) is 7.75. The summed E-state index contributed by atoms with van der Waals surface area (Å²) in [5, 5.41) is 3.17. The maximum Gasteiger partial charge on any atom is 0.416 e. The zero-order chi connectivity index (χ0) is 17.9. The van der Waals surface area contributed by atoms with Crippen LogP contribution in [0.2, 0.25) is 0 Å². The molecule has 1 heterocycles. The fourth-order valence-electron chi connectivity index (χ4n) is 2.46. The summed E-state index contributed by atoms with van der Waals surface area (Å²) in [5.74, 6) is 0.367. The van der Waals surface area contributed by atoms with Gasteiger partial charge in [0, 0.05) is 11.8 Å². The molecular formula is C19H16F3N3. The van der Waals surface area contributed by atoms with Gasteiger partial charge in [0.1, 0.15) is 0 Å². The van der Waals surface area contributed by atoms with Crippen molar-refractivity contribution in [1.29, 1.82) is 0 Å². The van der Waals surface area contributed by atoms with Gasteiger partial charge in [-0.25, -0.2) is 9.97 Å². The molecule has 128 valence electrons. The Bertz CT molecular complexity index is 848. The van der Waals surface area contributed by atoms with Crippen LogP contribution in [0.3, 0.4) is 0 Å². The van der Waals surface area contributed by atoms with Crippen molar-refractivity contribution in [1.82, 2.24) is 9.97 Å². The molecular weight excluding hydrogens is 327 g/mol. The Kier molecular flexibility index (Phi) is 4.70. The molecule has 0 spiro atoms. The van der Waals surface area contributed by atoms with Crippen LogP contribution in [0.15, 0.2) is 66.9 Å². The van der Waals surface area contributed by atoms with Gasteiger partial charge in [0.2, 0.25) is 5.95 Å². The smallest absolute Gasteiger partial charge is 0.348 e. The van der Waals surface area contributed by atoms with E-state index in [1.54, 1.807) is 12.1 Å². The number of alkyl halides is 3. The van der Waals surface area contributed by atoms with Crippen molar-refractivity contribution in [3.8, 4) is 11.3 Å². The lowest BCUT2D eigenvalue weighted by atomic mass is 10.1. The molecule has 1 unspecified atom stereocenters. The largest absolute Gasteiger partial charge is 0.416 e. The zero-order valence-corrected chi connectivity index (χ0v) is 13.5. The molecule has 1 atom stereocenters. The monoisotopic (exact) mass is 343 g/mol. The minimum absolute atomic E-state index is 0.0297. The number of halogens is 3. The lowest BCUT2D eigenvalue weighted by molar-refractivity contribution is -0.137. The van der Waals surface area contributed by atoms with Crippen molar-refractivity contribution in [2.45, 2.75) is 19.1 Å². The van der Waals surface area contributed by atoms with Crippen LogP contribution in [0.5, 0.6) is 0 Å². The van der Waals surface area contributed by atoms with Gasteiger partial charge in [0.15, 0.2) is 0 Å². The van der Waals surface area contributed by atoms with E-state index in [1.165, 1.54) is 12.3 Å². The van der Waals surface area contributed by atoms with Crippen molar-refractivity contribution in [3.05, 3.63) is 78.0 Å². The molecule has 0 saturated heterocycles. The minimum atomic E-state index is -4.38. The molecule has 0 aliphatic heterocycles. The Hall–Kier alpha value is -2.89. The highest BCUT2D eigenvalue weighted by Crippen LogP contribution is 2.31. The molecule has 0 aliphatic carbocycles. The van der Waals surface area contributed by atoms with Gasteiger partial charge in [0.05, 0.1) is 17.3 Å². The normalized spacial score (nSPS) is 12.6. The predicted octanol–water partition coefficient (Wildman–Crippen LogP) is 5.34. The Morgan fingerprint density at radius 2 is 1.72 bits per heavy atom. The first-order valence-electron chi connectivity index (χ1n) is 7.75. The van der Waals surface area contributed by atoms with E-state index in [0.717, 1.165) is 17.7 Å². The Morgan fingerprint density at radius 1 is 0.960 bits per heavy atom. The van der Waals surface area contributed by atoms with Gasteiger partial charge in [0.25, 0.3) is 0 Å². The maximum atomic E-state index is 12.9. The van der Waals surface area contributed by atoms with Crippen molar-refractivity contribution in [2.24, 2.45) is 0 Å². The number of rotatable bonds is 4. The van der Waals surface area contributed by atoms with Crippen LogP contribution in [0.1, 0.15) is 24.1 Å². The van der Waals surface area contributed by atoms with Gasteiger partial charge in [-0.2, -0.15) is 13.2 Å². The Morgan fingerprint density at radius 3 is 2.44 bits per heavy atom. The van der Waals surface area contributed by atoms with Crippen molar-refractivity contribution >= 4 is 5.95 Å². The van der Waals surface area contributed by atoms with Crippen LogP contribution in [-0.2, 0) is 6.18 Å². The third-order valence-electron chi connectivity index (χ3n) is 3.79. The van der Waals surface area contributed by atoms with Gasteiger partial charge >= 0.3 is 6.18 Å². The second-order valence-corrected chi connectivity index (χ2v) is 5.62. The summed E-state index contributed by atoms with van der Waals surface area (Å²) in [6.45, 7) is 1.97. The molecule has 6 heteroatoms. The van der Waals surface area contributed by atoms with E-state index in [1.807, 2.05) is 37.3 Å². The van der Waals surface area contributed by atoms with Crippen LogP contribution in [-0.4, -0.2) is 9.97 Å². The van der Waals surface area contributed by atoms with Gasteiger partial charge in [-0.05, 0) is 30.7 Å². The van der Waals surface area contributed by atoms with E-state index < -0.39 is 11.7 Å². The fraction of sp³-hybridized carbons (Fsp3) is 0.158. The Balaban J connectivity index is 1.85. The maximum absolute atomic E-state index is 12.9. The molecule has 3 rings (SSSR count). The molecule has 1 aromatic heterocycles. The van der Waals surface area contributed by atoms with E-state index >= 15 is 0 Å². The summed E-state index contributed by atoms with van der Waals surface area (Å²) in [4.78, 5) is 8.50. The zero-order valence-electron chi connectivity index (χ0n) is 13.5. The molecule has 0 fully saturated rings. The van der Waals surface area contributed by atoms with E-state index in [4.69, 9.17) is 0 Å². The summed E-state index contributed by atoms with van der Waals surface area (Å²) in [6, 6.07) is 16.4. The summed E-state index contributed by atoms with van der Waals surface area (Å²) in [6.07, 6.45) is -2.85. The summed E-state index contributed by atoms with van der Waals surface area (Å²) < 4.78 is 38.6. The minimum Gasteiger partial charge on any atom is -0.348 e. The Labute approximate surface area is 143 Å². The molecule has 3 aromatic rings. The van der Waals surface area contributed by atoms with E-state index in [2.05, 4.69) is 15.3 Å². The molecule has 0 saturated carbocycles. The second-order valence-electron chi connectivity index (χ2n) is 5.62. The quantitative estimate of drug-likeness (QED) is 0.695. The fourth-order valence-corrected chi connectivity index (χ4v) is 2.46. The first kappa shape index (κ1) is 17.0. The number of benzene rings is 2. The van der Waals surface area contributed by atoms with Crippen LogP contribution in [0, 0.1) is 0 Å². The number of nitrogens with one attached hydrogen (secondary N) is 1. The SMILES string of the molecule is CC(Nc1nccc(-c2cccc(C(F)(F)F)c2)n1)c1ccccc1. The summed E-state index contributed by atoms with van der Waals surface area (Å²) in [7, 11) is 0. The lowest BCUT2D eigenvalue weighted by Crippen LogP contribution is -2.09. The summed E-state index contributed by atoms with van der Waals surface area (Å²) in [5.41, 5.74) is 1.20. The number of anilines is 1. The van der Waals surface area contributed by atoms with Crippen LogP contribution in [0.25, 0.3) is 11.3 Å². The van der Waals surface area contributed by atoms with E-state index in [9.17, 15) is 13.2 Å². The van der Waals surface area contributed by atoms with E-state index in [-0.39, 0.29) is 6.04 Å². The van der Waals surface area contributed by atoms with Crippen molar-refractivity contribution < 1.29 is 13.2 Å². The topological polar surface area (TPSA) is 37.8 Å². The molecule has 25 heavy (non-hydrogen) atoms. The van der Waals surface area contributed by atoms with Gasteiger partial charge < -0.3 is 5.32 Å². The van der Waals surface area contributed by atoms with Crippen LogP contribution < -0.4 is 5.32 Å². The standard InChI is InChI=1S/C19H16F3N3/c1-13(14-6-3-2-4-7-14)24-18-23-11-10-17(25-18)15-8-5-9-16(12-15)19(20,21)22/h2-13H,1H3,(H,23,24,25). The molecule has 0 aliphatic rings. The summed E-state index contributed by atoms with van der Waals surface area (Å²) >= 11 is 0. The van der Waals surface area contributed by atoms with E-state index in [0.29, 0.717) is 17.2 Å². The van der Waals surface area contributed by atoms with Crippen LogP contribution >= 0.6 is 0 Å². The lowest BCUT2D eigenvalue weighted by Gasteiger charge is -2.15. The number of aromatic nitrogens is 2. The molecule has 0 bridgehead atoms. The average molecular weight is 343 g/mol. The number of hydrogen-bond acceptors (Lipinski definition) is 3.